The lowest BCUT2D eigenvalue weighted by Gasteiger charge is -2.12. The van der Waals surface area contributed by atoms with Crippen LogP contribution in [-0.4, -0.2) is 12.5 Å². The number of amides is 1. The van der Waals surface area contributed by atoms with E-state index in [-0.39, 0.29) is 5.57 Å². The van der Waals surface area contributed by atoms with Crippen LogP contribution in [0.2, 0.25) is 0 Å². The van der Waals surface area contributed by atoms with Crippen LogP contribution in [-0.2, 0) is 11.4 Å². The number of hydrogen-bond acceptors (Lipinski definition) is 4. The highest BCUT2D eigenvalue weighted by atomic mass is 16.5. The standard InChI is InChI=1S/C30H26N2O3/c1-2-18-34-29-17-12-23-10-6-7-11-27(23)28(29)19-24(20-31)30(33)32-25-13-15-26(16-14-25)35-21-22-8-4-3-5-9-22/h3-17,19H,2,18,21H2,1H3,(H,32,33)/b24-19+. The average Bonchev–Trinajstić information content (AvgIpc) is 2.91. The number of hydrogen-bond donors (Lipinski definition) is 1. The summed E-state index contributed by atoms with van der Waals surface area (Å²) in [4.78, 5) is 12.9. The summed E-state index contributed by atoms with van der Waals surface area (Å²) in [5.74, 6) is 0.849. The summed E-state index contributed by atoms with van der Waals surface area (Å²) >= 11 is 0. The average molecular weight is 463 g/mol. The van der Waals surface area contributed by atoms with Crippen LogP contribution in [0.5, 0.6) is 11.5 Å². The van der Waals surface area contributed by atoms with E-state index in [1.807, 2.05) is 79.7 Å². The number of fused-ring (bicyclic) bond motifs is 1. The largest absolute Gasteiger partial charge is 0.493 e. The Balaban J connectivity index is 1.51. The fourth-order valence-corrected chi connectivity index (χ4v) is 3.63. The molecule has 0 unspecified atom stereocenters. The highest BCUT2D eigenvalue weighted by Gasteiger charge is 2.14. The Bertz CT molecular complexity index is 1370. The number of carbonyl (C=O) groups excluding carboxylic acids is 1. The van der Waals surface area contributed by atoms with Crippen LogP contribution in [0.4, 0.5) is 5.69 Å². The Morgan fingerprint density at radius 3 is 2.40 bits per heavy atom. The molecule has 5 heteroatoms. The van der Waals surface area contributed by atoms with Crippen molar-refractivity contribution in [2.24, 2.45) is 0 Å². The second-order valence-electron chi connectivity index (χ2n) is 7.97. The molecule has 174 valence electrons. The lowest BCUT2D eigenvalue weighted by Crippen LogP contribution is -2.13. The molecule has 0 aliphatic carbocycles. The van der Waals surface area contributed by atoms with Crippen molar-refractivity contribution in [3.05, 3.63) is 108 Å². The summed E-state index contributed by atoms with van der Waals surface area (Å²) in [6.45, 7) is 3.04. The maximum absolute atomic E-state index is 12.9. The van der Waals surface area contributed by atoms with Gasteiger partial charge in [0.2, 0.25) is 0 Å². The molecule has 1 N–H and O–H groups in total. The van der Waals surface area contributed by atoms with Gasteiger partial charge in [0.15, 0.2) is 0 Å². The van der Waals surface area contributed by atoms with Crippen LogP contribution in [0.15, 0.2) is 96.6 Å². The fraction of sp³-hybridized carbons (Fsp3) is 0.133. The van der Waals surface area contributed by atoms with E-state index in [4.69, 9.17) is 9.47 Å². The zero-order chi connectivity index (χ0) is 24.5. The first-order valence-corrected chi connectivity index (χ1v) is 11.5. The molecule has 0 heterocycles. The van der Waals surface area contributed by atoms with Gasteiger partial charge in [0.1, 0.15) is 29.7 Å². The lowest BCUT2D eigenvalue weighted by atomic mass is 10.0. The van der Waals surface area contributed by atoms with E-state index in [1.54, 1.807) is 30.3 Å². The van der Waals surface area contributed by atoms with Crippen LogP contribution < -0.4 is 14.8 Å². The van der Waals surface area contributed by atoms with Gasteiger partial charge in [0, 0.05) is 11.3 Å². The zero-order valence-electron chi connectivity index (χ0n) is 19.5. The zero-order valence-corrected chi connectivity index (χ0v) is 19.5. The number of ether oxygens (including phenoxy) is 2. The topological polar surface area (TPSA) is 71.3 Å². The SMILES string of the molecule is CCCOc1ccc2ccccc2c1/C=C(\C#N)C(=O)Nc1ccc(OCc2ccccc2)cc1. The van der Waals surface area contributed by atoms with E-state index < -0.39 is 5.91 Å². The predicted octanol–water partition coefficient (Wildman–Crippen LogP) is 6.75. The summed E-state index contributed by atoms with van der Waals surface area (Å²) in [5, 5.41) is 14.5. The van der Waals surface area contributed by atoms with E-state index in [2.05, 4.69) is 5.32 Å². The van der Waals surface area contributed by atoms with Crippen molar-refractivity contribution in [1.82, 2.24) is 0 Å². The number of nitrogens with one attached hydrogen (secondary N) is 1. The monoisotopic (exact) mass is 462 g/mol. The molecule has 35 heavy (non-hydrogen) atoms. The number of benzene rings is 4. The third-order valence-corrected chi connectivity index (χ3v) is 5.41. The molecule has 0 bridgehead atoms. The maximum Gasteiger partial charge on any atom is 0.266 e. The number of nitriles is 1. The van der Waals surface area contributed by atoms with Gasteiger partial charge >= 0.3 is 0 Å². The molecule has 4 aromatic rings. The van der Waals surface area contributed by atoms with Crippen molar-refractivity contribution in [2.75, 3.05) is 11.9 Å². The van der Waals surface area contributed by atoms with Gasteiger partial charge in [-0.2, -0.15) is 5.26 Å². The molecule has 0 atom stereocenters. The molecule has 0 fully saturated rings. The number of anilines is 1. The number of rotatable bonds is 9. The van der Waals surface area contributed by atoms with Crippen LogP contribution >= 0.6 is 0 Å². The summed E-state index contributed by atoms with van der Waals surface area (Å²) in [5.41, 5.74) is 2.35. The second kappa shape index (κ2) is 11.5. The van der Waals surface area contributed by atoms with Crippen molar-refractivity contribution in [1.29, 1.82) is 5.26 Å². The Hall–Kier alpha value is -4.56. The summed E-state index contributed by atoms with van der Waals surface area (Å²) in [6, 6.07) is 30.7. The van der Waals surface area contributed by atoms with E-state index in [0.29, 0.717) is 36.0 Å². The highest BCUT2D eigenvalue weighted by Crippen LogP contribution is 2.30. The maximum atomic E-state index is 12.9. The first kappa shape index (κ1) is 23.6. The van der Waals surface area contributed by atoms with Crippen LogP contribution in [0.3, 0.4) is 0 Å². The van der Waals surface area contributed by atoms with E-state index in [1.165, 1.54) is 0 Å². The minimum atomic E-state index is -0.486. The summed E-state index contributed by atoms with van der Waals surface area (Å²) < 4.78 is 11.7. The molecule has 4 aromatic carbocycles. The Morgan fingerprint density at radius 2 is 1.66 bits per heavy atom. The minimum absolute atomic E-state index is 0.00731. The van der Waals surface area contributed by atoms with Gasteiger partial charge in [-0.25, -0.2) is 0 Å². The van der Waals surface area contributed by atoms with E-state index in [9.17, 15) is 10.1 Å². The smallest absolute Gasteiger partial charge is 0.266 e. The van der Waals surface area contributed by atoms with Crippen molar-refractivity contribution < 1.29 is 14.3 Å². The molecule has 0 saturated heterocycles. The van der Waals surface area contributed by atoms with Gasteiger partial charge in [-0.3, -0.25) is 4.79 Å². The molecular weight excluding hydrogens is 436 g/mol. The molecule has 0 aliphatic rings. The van der Waals surface area contributed by atoms with Crippen molar-refractivity contribution in [2.45, 2.75) is 20.0 Å². The molecular formula is C30H26N2O3. The molecule has 0 spiro atoms. The minimum Gasteiger partial charge on any atom is -0.493 e. The molecule has 0 saturated carbocycles. The molecule has 0 radical (unpaired) electrons. The van der Waals surface area contributed by atoms with E-state index in [0.717, 1.165) is 22.8 Å². The molecule has 1 amide bonds. The van der Waals surface area contributed by atoms with Crippen LogP contribution in [0, 0.1) is 11.3 Å². The van der Waals surface area contributed by atoms with Gasteiger partial charge in [0.05, 0.1) is 6.61 Å². The number of nitrogens with zero attached hydrogens (tertiary/aromatic N) is 1. The predicted molar refractivity (Wildman–Crippen MR) is 139 cm³/mol. The van der Waals surface area contributed by atoms with Gasteiger partial charge in [-0.15, -0.1) is 0 Å². The quantitative estimate of drug-likeness (QED) is 0.220. The van der Waals surface area contributed by atoms with Crippen molar-refractivity contribution >= 4 is 28.4 Å². The molecule has 4 rings (SSSR count). The third kappa shape index (κ3) is 6.07. The first-order valence-electron chi connectivity index (χ1n) is 11.5. The van der Waals surface area contributed by atoms with Gasteiger partial charge in [-0.05, 0) is 59.2 Å². The third-order valence-electron chi connectivity index (χ3n) is 5.41. The molecule has 0 aromatic heterocycles. The van der Waals surface area contributed by atoms with Gasteiger partial charge in [0.25, 0.3) is 5.91 Å². The Labute approximate surface area is 205 Å². The number of carbonyl (C=O) groups is 1. The molecule has 0 aliphatic heterocycles. The normalized spacial score (nSPS) is 11.0. The van der Waals surface area contributed by atoms with Crippen molar-refractivity contribution in [3.63, 3.8) is 0 Å². The van der Waals surface area contributed by atoms with Gasteiger partial charge in [-0.1, -0.05) is 67.6 Å². The van der Waals surface area contributed by atoms with Crippen LogP contribution in [0.25, 0.3) is 16.8 Å². The fourth-order valence-electron chi connectivity index (χ4n) is 3.63. The first-order chi connectivity index (χ1) is 17.2. The molecule has 5 nitrogen and oxygen atoms in total. The summed E-state index contributed by atoms with van der Waals surface area (Å²) in [6.07, 6.45) is 2.45. The van der Waals surface area contributed by atoms with Crippen molar-refractivity contribution in [3.8, 4) is 17.6 Å². The van der Waals surface area contributed by atoms with E-state index >= 15 is 0 Å². The Morgan fingerprint density at radius 1 is 0.914 bits per heavy atom. The van der Waals surface area contributed by atoms with Crippen LogP contribution in [0.1, 0.15) is 24.5 Å². The second-order valence-corrected chi connectivity index (χ2v) is 7.97. The lowest BCUT2D eigenvalue weighted by molar-refractivity contribution is -0.112. The Kier molecular flexibility index (Phi) is 7.77. The summed E-state index contributed by atoms with van der Waals surface area (Å²) in [7, 11) is 0. The highest BCUT2D eigenvalue weighted by molar-refractivity contribution is 6.11. The van der Waals surface area contributed by atoms with Gasteiger partial charge < -0.3 is 14.8 Å².